The molecular formula is C16H30N2O. The second-order valence-electron chi connectivity index (χ2n) is 7.12. The number of likely N-dealkylation sites (tertiary alicyclic amines) is 1. The van der Waals surface area contributed by atoms with Crippen LogP contribution < -0.4 is 5.32 Å². The van der Waals surface area contributed by atoms with Crippen LogP contribution in [0.15, 0.2) is 0 Å². The lowest BCUT2D eigenvalue weighted by atomic mass is 9.86. The van der Waals surface area contributed by atoms with Crippen molar-refractivity contribution >= 4 is 0 Å². The predicted octanol–water partition coefficient (Wildman–Crippen LogP) is 2.12. The van der Waals surface area contributed by atoms with Crippen LogP contribution in [-0.2, 0) is 4.74 Å². The molecule has 3 fully saturated rings. The van der Waals surface area contributed by atoms with Crippen LogP contribution in [0.4, 0.5) is 0 Å². The summed E-state index contributed by atoms with van der Waals surface area (Å²) >= 11 is 0. The van der Waals surface area contributed by atoms with E-state index in [1.165, 1.54) is 51.7 Å². The fraction of sp³-hybridized carbons (Fsp3) is 1.00. The molecule has 0 radical (unpaired) electrons. The van der Waals surface area contributed by atoms with Gasteiger partial charge < -0.3 is 15.0 Å². The van der Waals surface area contributed by atoms with E-state index in [9.17, 15) is 0 Å². The highest BCUT2D eigenvalue weighted by Gasteiger charge is 2.41. The van der Waals surface area contributed by atoms with Gasteiger partial charge in [0.25, 0.3) is 0 Å². The summed E-state index contributed by atoms with van der Waals surface area (Å²) in [5.41, 5.74) is 0.397. The highest BCUT2D eigenvalue weighted by atomic mass is 16.5. The predicted molar refractivity (Wildman–Crippen MR) is 78.3 cm³/mol. The highest BCUT2D eigenvalue weighted by molar-refractivity contribution is 4.94. The Balaban J connectivity index is 1.53. The summed E-state index contributed by atoms with van der Waals surface area (Å²) in [5, 5.41) is 3.64. The zero-order chi connectivity index (χ0) is 13.1. The van der Waals surface area contributed by atoms with Crippen LogP contribution in [0, 0.1) is 17.3 Å². The molecule has 3 nitrogen and oxygen atoms in total. The molecule has 0 spiro atoms. The average Bonchev–Trinajstić information content (AvgIpc) is 3.06. The number of hydrogen-bond donors (Lipinski definition) is 1. The van der Waals surface area contributed by atoms with Crippen molar-refractivity contribution in [2.75, 3.05) is 45.9 Å². The maximum atomic E-state index is 5.73. The molecule has 0 aromatic heterocycles. The monoisotopic (exact) mass is 266 g/mol. The summed E-state index contributed by atoms with van der Waals surface area (Å²) in [6, 6.07) is 0. The minimum absolute atomic E-state index is 0.397. The summed E-state index contributed by atoms with van der Waals surface area (Å²) in [6.45, 7) is 10.5. The molecule has 2 saturated heterocycles. The molecular weight excluding hydrogens is 236 g/mol. The van der Waals surface area contributed by atoms with Crippen molar-refractivity contribution in [3.05, 3.63) is 0 Å². The molecule has 19 heavy (non-hydrogen) atoms. The minimum atomic E-state index is 0.397. The van der Waals surface area contributed by atoms with Crippen molar-refractivity contribution in [2.24, 2.45) is 17.3 Å². The maximum Gasteiger partial charge on any atom is 0.0547 e. The molecule has 3 atom stereocenters. The third-order valence-corrected chi connectivity index (χ3v) is 5.47. The molecule has 3 rings (SSSR count). The number of nitrogens with zero attached hydrogens (tertiary/aromatic N) is 1. The first-order valence-electron chi connectivity index (χ1n) is 8.32. The van der Waals surface area contributed by atoms with Crippen molar-refractivity contribution in [3.63, 3.8) is 0 Å². The van der Waals surface area contributed by atoms with Gasteiger partial charge in [-0.25, -0.2) is 0 Å². The summed E-state index contributed by atoms with van der Waals surface area (Å²) in [7, 11) is 0. The maximum absolute atomic E-state index is 5.73. The number of rotatable bonds is 6. The Hall–Kier alpha value is -0.120. The van der Waals surface area contributed by atoms with Crippen LogP contribution in [0.3, 0.4) is 0 Å². The van der Waals surface area contributed by atoms with Gasteiger partial charge in [-0.05, 0) is 44.1 Å². The third-order valence-electron chi connectivity index (χ3n) is 5.47. The van der Waals surface area contributed by atoms with E-state index in [0.29, 0.717) is 5.41 Å². The molecule has 110 valence electrons. The zero-order valence-electron chi connectivity index (χ0n) is 12.5. The summed E-state index contributed by atoms with van der Waals surface area (Å²) in [5.74, 6) is 2.03. The Morgan fingerprint density at radius 2 is 2.05 bits per heavy atom. The molecule has 3 unspecified atom stereocenters. The van der Waals surface area contributed by atoms with Gasteiger partial charge in [-0.2, -0.15) is 0 Å². The van der Waals surface area contributed by atoms with Crippen molar-refractivity contribution in [1.82, 2.24) is 10.2 Å². The average molecular weight is 266 g/mol. The van der Waals surface area contributed by atoms with Gasteiger partial charge in [0.15, 0.2) is 0 Å². The van der Waals surface area contributed by atoms with Crippen molar-refractivity contribution in [3.8, 4) is 0 Å². The van der Waals surface area contributed by atoms with Crippen LogP contribution in [0.1, 0.15) is 39.0 Å². The van der Waals surface area contributed by atoms with E-state index in [-0.39, 0.29) is 0 Å². The molecule has 2 aliphatic heterocycles. The largest absolute Gasteiger partial charge is 0.381 e. The minimum Gasteiger partial charge on any atom is -0.381 e. The lowest BCUT2D eigenvalue weighted by Gasteiger charge is -2.33. The van der Waals surface area contributed by atoms with Crippen LogP contribution in [0.2, 0.25) is 0 Å². The molecule has 1 aliphatic carbocycles. The first kappa shape index (κ1) is 13.8. The van der Waals surface area contributed by atoms with E-state index in [1.807, 2.05) is 0 Å². The second-order valence-corrected chi connectivity index (χ2v) is 7.12. The van der Waals surface area contributed by atoms with Gasteiger partial charge in [-0.1, -0.05) is 13.3 Å². The van der Waals surface area contributed by atoms with E-state index in [4.69, 9.17) is 4.74 Å². The topological polar surface area (TPSA) is 24.5 Å². The van der Waals surface area contributed by atoms with Gasteiger partial charge in [-0.15, -0.1) is 0 Å². The lowest BCUT2D eigenvalue weighted by Crippen LogP contribution is -2.44. The Morgan fingerprint density at radius 3 is 2.68 bits per heavy atom. The molecule has 0 bridgehead atoms. The van der Waals surface area contributed by atoms with Crippen molar-refractivity contribution < 1.29 is 4.74 Å². The van der Waals surface area contributed by atoms with Gasteiger partial charge in [0.2, 0.25) is 0 Å². The molecule has 0 aromatic rings. The van der Waals surface area contributed by atoms with E-state index >= 15 is 0 Å². The Labute approximate surface area is 118 Å². The van der Waals surface area contributed by atoms with E-state index in [1.54, 1.807) is 0 Å². The summed E-state index contributed by atoms with van der Waals surface area (Å²) < 4.78 is 5.73. The fourth-order valence-electron chi connectivity index (χ4n) is 4.44. The van der Waals surface area contributed by atoms with Gasteiger partial charge in [0.1, 0.15) is 0 Å². The first-order chi connectivity index (χ1) is 9.31. The number of hydrogen-bond acceptors (Lipinski definition) is 3. The van der Waals surface area contributed by atoms with Crippen molar-refractivity contribution in [1.29, 1.82) is 0 Å². The summed E-state index contributed by atoms with van der Waals surface area (Å²) in [4.78, 5) is 2.75. The highest BCUT2D eigenvalue weighted by Crippen LogP contribution is 2.39. The molecule has 1 saturated carbocycles. The first-order valence-corrected chi connectivity index (χ1v) is 8.32. The fourth-order valence-corrected chi connectivity index (χ4v) is 4.44. The van der Waals surface area contributed by atoms with Gasteiger partial charge >= 0.3 is 0 Å². The molecule has 2 heterocycles. The smallest absolute Gasteiger partial charge is 0.0547 e. The SMILES string of the molecule is CCCNCC1(CN2CC3CCCC3C2)CCOC1. The Kier molecular flexibility index (Phi) is 4.45. The van der Waals surface area contributed by atoms with E-state index in [0.717, 1.165) is 38.1 Å². The van der Waals surface area contributed by atoms with Gasteiger partial charge in [-0.3, -0.25) is 0 Å². The van der Waals surface area contributed by atoms with E-state index < -0.39 is 0 Å². The molecule has 1 N–H and O–H groups in total. The standard InChI is InChI=1S/C16H30N2O/c1-2-7-17-11-16(6-8-19-13-16)12-18-9-14-4-3-5-15(14)10-18/h14-15,17H,2-13H2,1H3. The summed E-state index contributed by atoms with van der Waals surface area (Å²) in [6.07, 6.45) is 6.92. The number of fused-ring (bicyclic) bond motifs is 1. The quantitative estimate of drug-likeness (QED) is 0.745. The molecule has 0 amide bonds. The van der Waals surface area contributed by atoms with Crippen LogP contribution in [-0.4, -0.2) is 50.8 Å². The van der Waals surface area contributed by atoms with Crippen LogP contribution >= 0.6 is 0 Å². The normalized spacial score (nSPS) is 39.0. The molecule has 3 aliphatic rings. The Morgan fingerprint density at radius 1 is 1.26 bits per heavy atom. The number of nitrogens with one attached hydrogen (secondary N) is 1. The number of ether oxygens (including phenoxy) is 1. The third kappa shape index (κ3) is 3.14. The van der Waals surface area contributed by atoms with Gasteiger partial charge in [0, 0.05) is 38.2 Å². The van der Waals surface area contributed by atoms with Crippen LogP contribution in [0.25, 0.3) is 0 Å². The van der Waals surface area contributed by atoms with Crippen molar-refractivity contribution in [2.45, 2.75) is 39.0 Å². The Bertz CT molecular complexity index is 276. The zero-order valence-corrected chi connectivity index (χ0v) is 12.5. The van der Waals surface area contributed by atoms with E-state index in [2.05, 4.69) is 17.1 Å². The molecule has 3 heteroatoms. The molecule has 0 aromatic carbocycles. The second kappa shape index (κ2) is 6.11. The van der Waals surface area contributed by atoms with Crippen LogP contribution in [0.5, 0.6) is 0 Å². The van der Waals surface area contributed by atoms with Gasteiger partial charge in [0.05, 0.1) is 6.61 Å². The lowest BCUT2D eigenvalue weighted by molar-refractivity contribution is 0.115.